The van der Waals surface area contributed by atoms with Crippen molar-refractivity contribution in [3.63, 3.8) is 0 Å². The van der Waals surface area contributed by atoms with Gasteiger partial charge in [0, 0.05) is 25.7 Å². The molecule has 118 valence electrons. The minimum atomic E-state index is -0.459. The molecule has 5 heteroatoms. The molecule has 1 heterocycles. The van der Waals surface area contributed by atoms with E-state index in [4.69, 9.17) is 9.84 Å². The average Bonchev–Trinajstić information content (AvgIpc) is 2.33. The fourth-order valence-electron chi connectivity index (χ4n) is 2.73. The van der Waals surface area contributed by atoms with E-state index >= 15 is 0 Å². The van der Waals surface area contributed by atoms with E-state index in [2.05, 4.69) is 17.1 Å². The number of ether oxygens (including phenoxy) is 1. The van der Waals surface area contributed by atoms with Gasteiger partial charge in [0.05, 0.1) is 0 Å². The number of piperidine rings is 1. The van der Waals surface area contributed by atoms with Crippen LogP contribution in [0.4, 0.5) is 4.79 Å². The zero-order chi connectivity index (χ0) is 15.2. The Morgan fingerprint density at radius 2 is 2.10 bits per heavy atom. The quantitative estimate of drug-likeness (QED) is 0.811. The van der Waals surface area contributed by atoms with Gasteiger partial charge in [0.15, 0.2) is 0 Å². The van der Waals surface area contributed by atoms with Crippen molar-refractivity contribution in [3.8, 4) is 0 Å². The lowest BCUT2D eigenvalue weighted by molar-refractivity contribution is 0.0446. The van der Waals surface area contributed by atoms with E-state index in [1.807, 2.05) is 20.8 Å². The molecule has 0 radical (unpaired) electrons. The Morgan fingerprint density at radius 1 is 1.40 bits per heavy atom. The Morgan fingerprint density at radius 3 is 2.65 bits per heavy atom. The van der Waals surface area contributed by atoms with E-state index in [1.54, 1.807) is 0 Å². The molecule has 0 saturated carbocycles. The number of likely N-dealkylation sites (tertiary alicyclic amines) is 1. The summed E-state index contributed by atoms with van der Waals surface area (Å²) in [6.45, 7) is 10.9. The molecule has 20 heavy (non-hydrogen) atoms. The summed E-state index contributed by atoms with van der Waals surface area (Å²) in [7, 11) is 0. The summed E-state index contributed by atoms with van der Waals surface area (Å²) in [6, 6.07) is 0.141. The van der Waals surface area contributed by atoms with Gasteiger partial charge in [0.25, 0.3) is 0 Å². The number of alkyl carbamates (subject to hydrolysis) is 1. The second-order valence-corrected chi connectivity index (χ2v) is 6.66. The zero-order valence-electron chi connectivity index (χ0n) is 13.3. The van der Waals surface area contributed by atoms with E-state index < -0.39 is 5.60 Å². The third-order valence-corrected chi connectivity index (χ3v) is 3.55. The number of hydrogen-bond donors (Lipinski definition) is 2. The summed E-state index contributed by atoms with van der Waals surface area (Å²) < 4.78 is 5.32. The fourth-order valence-corrected chi connectivity index (χ4v) is 2.73. The number of amides is 1. The number of nitrogens with one attached hydrogen (secondary N) is 1. The predicted octanol–water partition coefficient (Wildman–Crippen LogP) is 1.99. The summed E-state index contributed by atoms with van der Waals surface area (Å²) in [6.07, 6.45) is 2.48. The van der Waals surface area contributed by atoms with Crippen LogP contribution in [0.2, 0.25) is 0 Å². The van der Waals surface area contributed by atoms with E-state index in [-0.39, 0.29) is 18.7 Å². The summed E-state index contributed by atoms with van der Waals surface area (Å²) in [4.78, 5) is 14.2. The summed E-state index contributed by atoms with van der Waals surface area (Å²) in [5.74, 6) is 0.538. The SMILES string of the molecule is CCN1CC(CCCO)CC(NC(=O)OC(C)(C)C)C1. The normalized spacial score (nSPS) is 24.4. The van der Waals surface area contributed by atoms with Crippen LogP contribution in [0, 0.1) is 5.92 Å². The van der Waals surface area contributed by atoms with Crippen LogP contribution in [0.5, 0.6) is 0 Å². The lowest BCUT2D eigenvalue weighted by Gasteiger charge is -2.37. The molecule has 2 N–H and O–H groups in total. The van der Waals surface area contributed by atoms with Gasteiger partial charge in [-0.1, -0.05) is 6.92 Å². The van der Waals surface area contributed by atoms with Gasteiger partial charge in [-0.15, -0.1) is 0 Å². The van der Waals surface area contributed by atoms with Crippen molar-refractivity contribution in [1.82, 2.24) is 10.2 Å². The van der Waals surface area contributed by atoms with Crippen molar-refractivity contribution in [2.75, 3.05) is 26.2 Å². The second-order valence-electron chi connectivity index (χ2n) is 6.66. The second kappa shape index (κ2) is 7.84. The number of aliphatic hydroxyl groups is 1. The number of nitrogens with zero attached hydrogens (tertiary/aromatic N) is 1. The first-order chi connectivity index (χ1) is 9.34. The van der Waals surface area contributed by atoms with Crippen LogP contribution in [0.25, 0.3) is 0 Å². The Labute approximate surface area is 122 Å². The third kappa shape index (κ3) is 6.57. The van der Waals surface area contributed by atoms with Gasteiger partial charge in [0.1, 0.15) is 5.60 Å². The molecule has 1 saturated heterocycles. The van der Waals surface area contributed by atoms with E-state index in [0.717, 1.165) is 38.9 Å². The molecule has 1 fully saturated rings. The molecular formula is C15H30N2O3. The average molecular weight is 286 g/mol. The van der Waals surface area contributed by atoms with Crippen LogP contribution in [0.15, 0.2) is 0 Å². The van der Waals surface area contributed by atoms with E-state index in [0.29, 0.717) is 5.92 Å². The lowest BCUT2D eigenvalue weighted by Crippen LogP contribution is -2.51. The first-order valence-corrected chi connectivity index (χ1v) is 7.66. The molecule has 0 aliphatic carbocycles. The van der Waals surface area contributed by atoms with Crippen LogP contribution in [-0.4, -0.2) is 54.0 Å². The van der Waals surface area contributed by atoms with Crippen molar-refractivity contribution in [2.24, 2.45) is 5.92 Å². The zero-order valence-corrected chi connectivity index (χ0v) is 13.3. The molecule has 0 aromatic carbocycles. The van der Waals surface area contributed by atoms with Crippen LogP contribution >= 0.6 is 0 Å². The van der Waals surface area contributed by atoms with Crippen molar-refractivity contribution in [2.45, 2.75) is 58.6 Å². The molecule has 0 bridgehead atoms. The molecule has 1 aliphatic rings. The minimum absolute atomic E-state index is 0.141. The van der Waals surface area contributed by atoms with Gasteiger partial charge in [-0.05, 0) is 52.5 Å². The summed E-state index contributed by atoms with van der Waals surface area (Å²) in [5.41, 5.74) is -0.459. The van der Waals surface area contributed by atoms with Crippen LogP contribution in [0.1, 0.15) is 47.0 Å². The first-order valence-electron chi connectivity index (χ1n) is 7.66. The topological polar surface area (TPSA) is 61.8 Å². The van der Waals surface area contributed by atoms with Gasteiger partial charge in [-0.25, -0.2) is 4.79 Å². The molecule has 0 aromatic rings. The lowest BCUT2D eigenvalue weighted by atomic mass is 9.90. The first kappa shape index (κ1) is 17.2. The number of rotatable bonds is 5. The Balaban J connectivity index is 2.48. The number of aliphatic hydroxyl groups excluding tert-OH is 1. The van der Waals surface area contributed by atoms with Gasteiger partial charge >= 0.3 is 6.09 Å². The summed E-state index contributed by atoms with van der Waals surface area (Å²) >= 11 is 0. The molecule has 1 amide bonds. The maximum atomic E-state index is 11.9. The molecule has 2 unspecified atom stereocenters. The standard InChI is InChI=1S/C15H30N2O3/c1-5-17-10-12(7-6-8-18)9-13(11-17)16-14(19)20-15(2,3)4/h12-13,18H,5-11H2,1-4H3,(H,16,19). The van der Waals surface area contributed by atoms with E-state index in [1.165, 1.54) is 0 Å². The molecule has 0 aromatic heterocycles. The van der Waals surface area contributed by atoms with Gasteiger partial charge in [0.2, 0.25) is 0 Å². The van der Waals surface area contributed by atoms with Crippen molar-refractivity contribution < 1.29 is 14.6 Å². The maximum Gasteiger partial charge on any atom is 0.407 e. The monoisotopic (exact) mass is 286 g/mol. The van der Waals surface area contributed by atoms with Gasteiger partial charge in [-0.2, -0.15) is 0 Å². The molecular weight excluding hydrogens is 256 g/mol. The number of hydrogen-bond acceptors (Lipinski definition) is 4. The third-order valence-electron chi connectivity index (χ3n) is 3.55. The highest BCUT2D eigenvalue weighted by molar-refractivity contribution is 5.68. The Bertz CT molecular complexity index is 302. The summed E-state index contributed by atoms with van der Waals surface area (Å²) in [5, 5.41) is 11.9. The predicted molar refractivity (Wildman–Crippen MR) is 79.7 cm³/mol. The highest BCUT2D eigenvalue weighted by atomic mass is 16.6. The largest absolute Gasteiger partial charge is 0.444 e. The maximum absolute atomic E-state index is 11.9. The Hall–Kier alpha value is -0.810. The molecule has 1 rings (SSSR count). The molecule has 2 atom stereocenters. The molecule has 1 aliphatic heterocycles. The van der Waals surface area contributed by atoms with Crippen LogP contribution in [-0.2, 0) is 4.74 Å². The molecule has 5 nitrogen and oxygen atoms in total. The smallest absolute Gasteiger partial charge is 0.407 e. The highest BCUT2D eigenvalue weighted by Gasteiger charge is 2.28. The van der Waals surface area contributed by atoms with E-state index in [9.17, 15) is 4.79 Å². The van der Waals surface area contributed by atoms with Crippen LogP contribution < -0.4 is 5.32 Å². The molecule has 0 spiro atoms. The fraction of sp³-hybridized carbons (Fsp3) is 0.933. The van der Waals surface area contributed by atoms with Crippen molar-refractivity contribution in [3.05, 3.63) is 0 Å². The number of carbonyl (C=O) groups excluding carboxylic acids is 1. The van der Waals surface area contributed by atoms with Crippen LogP contribution in [0.3, 0.4) is 0 Å². The minimum Gasteiger partial charge on any atom is -0.444 e. The van der Waals surface area contributed by atoms with Crippen molar-refractivity contribution >= 4 is 6.09 Å². The van der Waals surface area contributed by atoms with Gasteiger partial charge < -0.3 is 20.1 Å². The van der Waals surface area contributed by atoms with Crippen molar-refractivity contribution in [1.29, 1.82) is 0 Å². The highest BCUT2D eigenvalue weighted by Crippen LogP contribution is 2.21. The number of likely N-dealkylation sites (N-methyl/N-ethyl adjacent to an activating group) is 1. The number of carbonyl (C=O) groups is 1. The van der Waals surface area contributed by atoms with Gasteiger partial charge in [-0.3, -0.25) is 0 Å². The Kier molecular flexibility index (Phi) is 6.76.